The molecule has 20 heavy (non-hydrogen) atoms. The molecular formula is C14H17NO5. The van der Waals surface area contributed by atoms with Gasteiger partial charge >= 0.3 is 5.97 Å². The fourth-order valence-corrected chi connectivity index (χ4v) is 2.21. The summed E-state index contributed by atoms with van der Waals surface area (Å²) in [6.45, 7) is 1.16. The molecule has 6 nitrogen and oxygen atoms in total. The molecule has 1 amide bonds. The number of anilines is 1. The smallest absolute Gasteiger partial charge is 0.335 e. The molecule has 2 N–H and O–H groups in total. The van der Waals surface area contributed by atoms with Crippen LogP contribution in [0.4, 0.5) is 5.69 Å². The van der Waals surface area contributed by atoms with Crippen LogP contribution < -0.4 is 5.32 Å². The van der Waals surface area contributed by atoms with Gasteiger partial charge in [-0.05, 0) is 30.7 Å². The van der Waals surface area contributed by atoms with E-state index >= 15 is 0 Å². The lowest BCUT2D eigenvalue weighted by atomic mass is 10.0. The lowest BCUT2D eigenvalue weighted by molar-refractivity contribution is -0.128. The zero-order valence-corrected chi connectivity index (χ0v) is 11.2. The summed E-state index contributed by atoms with van der Waals surface area (Å²) in [4.78, 5) is 22.9. The van der Waals surface area contributed by atoms with E-state index in [0.717, 1.165) is 6.42 Å². The standard InChI is InChI=1S/C14H17NO5/c1-19-12(10-6-7-20-8-10)13(16)15-11-4-2-9(3-5-11)14(17)18/h2-5,10,12H,6-8H2,1H3,(H,15,16)(H,17,18). The van der Waals surface area contributed by atoms with Crippen molar-refractivity contribution in [2.75, 3.05) is 25.6 Å². The van der Waals surface area contributed by atoms with E-state index in [-0.39, 0.29) is 17.4 Å². The molecule has 108 valence electrons. The second-order valence-electron chi connectivity index (χ2n) is 4.65. The zero-order chi connectivity index (χ0) is 14.5. The molecular weight excluding hydrogens is 262 g/mol. The summed E-state index contributed by atoms with van der Waals surface area (Å²) >= 11 is 0. The number of carboxylic acids is 1. The van der Waals surface area contributed by atoms with E-state index in [0.29, 0.717) is 18.9 Å². The quantitative estimate of drug-likeness (QED) is 0.850. The highest BCUT2D eigenvalue weighted by Gasteiger charge is 2.31. The molecule has 1 aromatic rings. The van der Waals surface area contributed by atoms with Crippen LogP contribution in [0.15, 0.2) is 24.3 Å². The van der Waals surface area contributed by atoms with Crippen molar-refractivity contribution in [3.8, 4) is 0 Å². The number of carbonyl (C=O) groups is 2. The fraction of sp³-hybridized carbons (Fsp3) is 0.429. The Morgan fingerprint density at radius 3 is 2.60 bits per heavy atom. The van der Waals surface area contributed by atoms with Crippen molar-refractivity contribution < 1.29 is 24.2 Å². The van der Waals surface area contributed by atoms with Gasteiger partial charge in [-0.3, -0.25) is 4.79 Å². The van der Waals surface area contributed by atoms with E-state index in [2.05, 4.69) is 5.32 Å². The lowest BCUT2D eigenvalue weighted by Crippen LogP contribution is -2.36. The minimum Gasteiger partial charge on any atom is -0.478 e. The molecule has 1 heterocycles. The summed E-state index contributed by atoms with van der Waals surface area (Å²) < 4.78 is 10.5. The van der Waals surface area contributed by atoms with Gasteiger partial charge in [0.15, 0.2) is 0 Å². The number of nitrogens with one attached hydrogen (secondary N) is 1. The summed E-state index contributed by atoms with van der Waals surface area (Å²) in [6.07, 6.45) is 0.237. The maximum absolute atomic E-state index is 12.1. The molecule has 0 saturated carbocycles. The van der Waals surface area contributed by atoms with Crippen LogP contribution in [0, 0.1) is 5.92 Å². The Morgan fingerprint density at radius 1 is 1.40 bits per heavy atom. The predicted octanol–water partition coefficient (Wildman–Crippen LogP) is 1.37. The monoisotopic (exact) mass is 279 g/mol. The van der Waals surface area contributed by atoms with Crippen molar-refractivity contribution in [2.24, 2.45) is 5.92 Å². The van der Waals surface area contributed by atoms with Crippen molar-refractivity contribution in [2.45, 2.75) is 12.5 Å². The molecule has 1 saturated heterocycles. The summed E-state index contributed by atoms with van der Waals surface area (Å²) in [5.41, 5.74) is 0.719. The normalized spacial score (nSPS) is 19.6. The molecule has 1 aliphatic rings. The SMILES string of the molecule is COC(C(=O)Nc1ccc(C(=O)O)cc1)C1CCOC1. The average molecular weight is 279 g/mol. The molecule has 2 rings (SSSR count). The molecule has 0 aromatic heterocycles. The van der Waals surface area contributed by atoms with E-state index in [9.17, 15) is 9.59 Å². The third-order valence-electron chi connectivity index (χ3n) is 3.30. The Labute approximate surface area is 116 Å². The second-order valence-corrected chi connectivity index (χ2v) is 4.65. The molecule has 0 spiro atoms. The zero-order valence-electron chi connectivity index (χ0n) is 11.2. The van der Waals surface area contributed by atoms with Crippen molar-refractivity contribution in [3.05, 3.63) is 29.8 Å². The number of aromatic carboxylic acids is 1. The Bertz CT molecular complexity index is 479. The van der Waals surface area contributed by atoms with Crippen LogP contribution in [0.5, 0.6) is 0 Å². The highest BCUT2D eigenvalue weighted by atomic mass is 16.5. The number of ether oxygens (including phenoxy) is 2. The van der Waals surface area contributed by atoms with E-state index < -0.39 is 12.1 Å². The van der Waals surface area contributed by atoms with Gasteiger partial charge in [-0.25, -0.2) is 4.79 Å². The van der Waals surface area contributed by atoms with Gasteiger partial charge in [-0.1, -0.05) is 0 Å². The third-order valence-corrected chi connectivity index (χ3v) is 3.30. The fourth-order valence-electron chi connectivity index (χ4n) is 2.21. The number of hydrogen-bond donors (Lipinski definition) is 2. The van der Waals surface area contributed by atoms with E-state index in [1.165, 1.54) is 19.2 Å². The minimum atomic E-state index is -0.999. The van der Waals surface area contributed by atoms with Gasteiger partial charge in [-0.2, -0.15) is 0 Å². The first-order valence-corrected chi connectivity index (χ1v) is 6.36. The predicted molar refractivity (Wildman–Crippen MR) is 71.8 cm³/mol. The van der Waals surface area contributed by atoms with Crippen LogP contribution in [-0.2, 0) is 14.3 Å². The maximum Gasteiger partial charge on any atom is 0.335 e. The van der Waals surface area contributed by atoms with E-state index in [1.54, 1.807) is 12.1 Å². The summed E-state index contributed by atoms with van der Waals surface area (Å²) in [5.74, 6) is -1.19. The number of amides is 1. The maximum atomic E-state index is 12.1. The molecule has 1 aliphatic heterocycles. The number of carbonyl (C=O) groups excluding carboxylic acids is 1. The van der Waals surface area contributed by atoms with Gasteiger partial charge in [0, 0.05) is 25.3 Å². The van der Waals surface area contributed by atoms with Crippen LogP contribution in [0.2, 0.25) is 0 Å². The number of methoxy groups -OCH3 is 1. The highest BCUT2D eigenvalue weighted by molar-refractivity contribution is 5.95. The minimum absolute atomic E-state index is 0.0540. The first-order valence-electron chi connectivity index (χ1n) is 6.36. The van der Waals surface area contributed by atoms with Crippen LogP contribution in [0.3, 0.4) is 0 Å². The van der Waals surface area contributed by atoms with Crippen LogP contribution >= 0.6 is 0 Å². The highest BCUT2D eigenvalue weighted by Crippen LogP contribution is 2.20. The molecule has 0 aliphatic carbocycles. The molecule has 2 atom stereocenters. The Morgan fingerprint density at radius 2 is 2.10 bits per heavy atom. The Balaban J connectivity index is 2.00. The molecule has 1 aromatic carbocycles. The molecule has 1 fully saturated rings. The van der Waals surface area contributed by atoms with Crippen LogP contribution in [0.25, 0.3) is 0 Å². The molecule has 0 bridgehead atoms. The number of hydrogen-bond acceptors (Lipinski definition) is 4. The summed E-state index contributed by atoms with van der Waals surface area (Å²) in [7, 11) is 1.50. The molecule has 0 radical (unpaired) electrons. The molecule has 6 heteroatoms. The van der Waals surface area contributed by atoms with Crippen molar-refractivity contribution in [1.82, 2.24) is 0 Å². The third kappa shape index (κ3) is 3.34. The Kier molecular flexibility index (Phi) is 4.70. The van der Waals surface area contributed by atoms with Crippen LogP contribution in [-0.4, -0.2) is 43.4 Å². The van der Waals surface area contributed by atoms with Gasteiger partial charge in [0.1, 0.15) is 6.10 Å². The number of benzene rings is 1. The largest absolute Gasteiger partial charge is 0.478 e. The first kappa shape index (κ1) is 14.5. The lowest BCUT2D eigenvalue weighted by Gasteiger charge is -2.20. The van der Waals surface area contributed by atoms with E-state index in [1.807, 2.05) is 0 Å². The molecule has 2 unspecified atom stereocenters. The van der Waals surface area contributed by atoms with E-state index in [4.69, 9.17) is 14.6 Å². The number of rotatable bonds is 5. The van der Waals surface area contributed by atoms with Gasteiger partial charge in [0.05, 0.1) is 12.2 Å². The van der Waals surface area contributed by atoms with Gasteiger partial charge < -0.3 is 19.9 Å². The van der Waals surface area contributed by atoms with Gasteiger partial charge in [-0.15, -0.1) is 0 Å². The van der Waals surface area contributed by atoms with Crippen molar-refractivity contribution >= 4 is 17.6 Å². The van der Waals surface area contributed by atoms with Crippen molar-refractivity contribution in [3.63, 3.8) is 0 Å². The number of carboxylic acid groups (broad SMARTS) is 1. The summed E-state index contributed by atoms with van der Waals surface area (Å²) in [5, 5.41) is 11.5. The topological polar surface area (TPSA) is 84.9 Å². The van der Waals surface area contributed by atoms with Gasteiger partial charge in [0.2, 0.25) is 0 Å². The Hall–Kier alpha value is -1.92. The van der Waals surface area contributed by atoms with Crippen molar-refractivity contribution in [1.29, 1.82) is 0 Å². The summed E-state index contributed by atoms with van der Waals surface area (Å²) in [6, 6.07) is 6.00. The second kappa shape index (κ2) is 6.49. The van der Waals surface area contributed by atoms with Gasteiger partial charge in [0.25, 0.3) is 5.91 Å². The average Bonchev–Trinajstić information content (AvgIpc) is 2.94. The first-order chi connectivity index (χ1) is 9.61. The van der Waals surface area contributed by atoms with Crippen LogP contribution in [0.1, 0.15) is 16.8 Å².